The lowest BCUT2D eigenvalue weighted by Crippen LogP contribution is -2.04. The van der Waals surface area contributed by atoms with Crippen LogP contribution in [0.1, 0.15) is 18.4 Å². The molecule has 0 heterocycles. The van der Waals surface area contributed by atoms with Crippen LogP contribution in [0.3, 0.4) is 0 Å². The van der Waals surface area contributed by atoms with E-state index < -0.39 is 17.6 Å². The fourth-order valence-corrected chi connectivity index (χ4v) is 1.65. The molecule has 0 unspecified atom stereocenters. The number of benzene rings is 1. The van der Waals surface area contributed by atoms with Crippen LogP contribution >= 0.6 is 0 Å². The lowest BCUT2D eigenvalue weighted by atomic mass is 10.1. The summed E-state index contributed by atoms with van der Waals surface area (Å²) in [7, 11) is 2.63. The second-order valence-corrected chi connectivity index (χ2v) is 3.63. The zero-order valence-electron chi connectivity index (χ0n) is 10.1. The van der Waals surface area contributed by atoms with E-state index in [1.807, 2.05) is 0 Å². The molecule has 1 rings (SSSR count). The molecule has 0 amide bonds. The Morgan fingerprint density at radius 2 is 2.00 bits per heavy atom. The Hall–Kier alpha value is -1.85. The number of carbonyl (C=O) groups is 1. The zero-order valence-corrected chi connectivity index (χ0v) is 10.1. The predicted molar refractivity (Wildman–Crippen MR) is 60.0 cm³/mol. The molecule has 0 aliphatic carbocycles. The summed E-state index contributed by atoms with van der Waals surface area (Å²) in [4.78, 5) is 10.4. The molecule has 0 bridgehead atoms. The van der Waals surface area contributed by atoms with E-state index in [1.165, 1.54) is 14.2 Å². The molecule has 18 heavy (non-hydrogen) atoms. The molecule has 0 fully saturated rings. The van der Waals surface area contributed by atoms with Gasteiger partial charge in [-0.1, -0.05) is 0 Å². The first-order valence-corrected chi connectivity index (χ1v) is 5.31. The molecule has 0 aliphatic heterocycles. The Kier molecular flexibility index (Phi) is 4.88. The summed E-state index contributed by atoms with van der Waals surface area (Å²) < 4.78 is 36.8. The second kappa shape index (κ2) is 6.18. The zero-order chi connectivity index (χ0) is 13.7. The van der Waals surface area contributed by atoms with Crippen LogP contribution in [0.4, 0.5) is 8.78 Å². The van der Waals surface area contributed by atoms with Gasteiger partial charge >= 0.3 is 5.97 Å². The highest BCUT2D eigenvalue weighted by Crippen LogP contribution is 2.35. The average molecular weight is 260 g/mol. The van der Waals surface area contributed by atoms with Crippen LogP contribution in [-0.4, -0.2) is 25.3 Å². The van der Waals surface area contributed by atoms with Crippen LogP contribution in [0, 0.1) is 11.6 Å². The number of hydrogen-bond acceptors (Lipinski definition) is 3. The van der Waals surface area contributed by atoms with Gasteiger partial charge in [0, 0.05) is 18.1 Å². The number of hydrogen-bond donors (Lipinski definition) is 1. The maximum Gasteiger partial charge on any atom is 0.303 e. The van der Waals surface area contributed by atoms with Gasteiger partial charge in [-0.05, 0) is 12.8 Å². The predicted octanol–water partition coefficient (Wildman–Crippen LogP) is 2.39. The molecule has 100 valence electrons. The van der Waals surface area contributed by atoms with Gasteiger partial charge in [-0.2, -0.15) is 0 Å². The SMILES string of the molecule is COc1cc(F)c(F)c(CCCC(=O)O)c1OC. The van der Waals surface area contributed by atoms with Crippen LogP contribution in [0.5, 0.6) is 11.5 Å². The monoisotopic (exact) mass is 260 g/mol. The fourth-order valence-electron chi connectivity index (χ4n) is 1.65. The Morgan fingerprint density at radius 1 is 1.33 bits per heavy atom. The summed E-state index contributed by atoms with van der Waals surface area (Å²) >= 11 is 0. The minimum absolute atomic E-state index is 0.00407. The van der Waals surface area contributed by atoms with Crippen molar-refractivity contribution in [3.05, 3.63) is 23.3 Å². The van der Waals surface area contributed by atoms with Gasteiger partial charge < -0.3 is 14.6 Å². The van der Waals surface area contributed by atoms with E-state index in [4.69, 9.17) is 14.6 Å². The maximum atomic E-state index is 13.6. The van der Waals surface area contributed by atoms with Crippen LogP contribution in [0.2, 0.25) is 0 Å². The molecular formula is C12H14F2O4. The van der Waals surface area contributed by atoms with Crippen molar-refractivity contribution in [3.63, 3.8) is 0 Å². The highest BCUT2D eigenvalue weighted by molar-refractivity contribution is 5.66. The van der Waals surface area contributed by atoms with Crippen molar-refractivity contribution >= 4 is 5.97 Å². The van der Waals surface area contributed by atoms with E-state index in [-0.39, 0.29) is 36.3 Å². The lowest BCUT2D eigenvalue weighted by molar-refractivity contribution is -0.137. The minimum Gasteiger partial charge on any atom is -0.493 e. The molecule has 0 atom stereocenters. The Labute approximate surface area is 103 Å². The summed E-state index contributed by atoms with van der Waals surface area (Å²) in [5, 5.41) is 8.52. The van der Waals surface area contributed by atoms with E-state index >= 15 is 0 Å². The topological polar surface area (TPSA) is 55.8 Å². The van der Waals surface area contributed by atoms with Gasteiger partial charge in [0.05, 0.1) is 14.2 Å². The van der Waals surface area contributed by atoms with Crippen molar-refractivity contribution in [1.82, 2.24) is 0 Å². The third-order valence-electron chi connectivity index (χ3n) is 2.47. The molecule has 0 saturated carbocycles. The van der Waals surface area contributed by atoms with Crippen LogP contribution < -0.4 is 9.47 Å². The number of halogens is 2. The van der Waals surface area contributed by atoms with Gasteiger partial charge in [-0.3, -0.25) is 4.79 Å². The number of methoxy groups -OCH3 is 2. The van der Waals surface area contributed by atoms with Gasteiger partial charge in [0.2, 0.25) is 0 Å². The third kappa shape index (κ3) is 3.09. The number of carboxylic acid groups (broad SMARTS) is 1. The largest absolute Gasteiger partial charge is 0.493 e. The van der Waals surface area contributed by atoms with Crippen LogP contribution in [-0.2, 0) is 11.2 Å². The molecular weight excluding hydrogens is 246 g/mol. The van der Waals surface area contributed by atoms with Crippen molar-refractivity contribution in [2.75, 3.05) is 14.2 Å². The highest BCUT2D eigenvalue weighted by atomic mass is 19.2. The number of ether oxygens (including phenoxy) is 2. The molecule has 0 aromatic heterocycles. The van der Waals surface area contributed by atoms with Crippen molar-refractivity contribution in [2.45, 2.75) is 19.3 Å². The fraction of sp³-hybridized carbons (Fsp3) is 0.417. The van der Waals surface area contributed by atoms with E-state index in [2.05, 4.69) is 0 Å². The normalized spacial score (nSPS) is 10.2. The first-order chi connectivity index (χ1) is 8.51. The van der Waals surface area contributed by atoms with Gasteiger partial charge in [-0.15, -0.1) is 0 Å². The summed E-state index contributed by atoms with van der Waals surface area (Å²) in [6.45, 7) is 0. The summed E-state index contributed by atoms with van der Waals surface area (Å²) in [6, 6.07) is 0.898. The average Bonchev–Trinajstić information content (AvgIpc) is 2.33. The Balaban J connectivity index is 3.06. The number of carboxylic acids is 1. The number of aliphatic carboxylic acids is 1. The Bertz CT molecular complexity index is 446. The van der Waals surface area contributed by atoms with Gasteiger partial charge in [0.1, 0.15) is 0 Å². The molecule has 1 N–H and O–H groups in total. The minimum atomic E-state index is -1.04. The summed E-state index contributed by atoms with van der Waals surface area (Å²) in [6.07, 6.45) is 0.131. The van der Waals surface area contributed by atoms with E-state index in [1.54, 1.807) is 0 Å². The van der Waals surface area contributed by atoms with Gasteiger partial charge in [0.15, 0.2) is 23.1 Å². The van der Waals surface area contributed by atoms with Gasteiger partial charge in [-0.25, -0.2) is 8.78 Å². The maximum absolute atomic E-state index is 13.6. The van der Waals surface area contributed by atoms with Crippen LogP contribution in [0.25, 0.3) is 0 Å². The molecule has 6 heteroatoms. The second-order valence-electron chi connectivity index (χ2n) is 3.63. The third-order valence-corrected chi connectivity index (χ3v) is 2.47. The summed E-state index contributed by atoms with van der Waals surface area (Å²) in [5.74, 6) is -2.88. The molecule has 0 aliphatic rings. The molecule has 0 saturated heterocycles. The molecule has 1 aromatic rings. The van der Waals surface area contributed by atoms with Crippen molar-refractivity contribution < 1.29 is 28.2 Å². The smallest absolute Gasteiger partial charge is 0.303 e. The van der Waals surface area contributed by atoms with Crippen LogP contribution in [0.15, 0.2) is 6.07 Å². The van der Waals surface area contributed by atoms with Crippen molar-refractivity contribution in [3.8, 4) is 11.5 Å². The van der Waals surface area contributed by atoms with Gasteiger partial charge in [0.25, 0.3) is 0 Å². The standard InChI is InChI=1S/C12H14F2O4/c1-17-9-6-8(13)11(14)7(12(9)18-2)4-3-5-10(15)16/h6H,3-5H2,1-2H3,(H,15,16). The molecule has 0 spiro atoms. The van der Waals surface area contributed by atoms with E-state index in [0.717, 1.165) is 6.07 Å². The highest BCUT2D eigenvalue weighted by Gasteiger charge is 2.19. The first kappa shape index (κ1) is 14.2. The first-order valence-electron chi connectivity index (χ1n) is 5.31. The molecule has 0 radical (unpaired) electrons. The van der Waals surface area contributed by atoms with Crippen molar-refractivity contribution in [2.24, 2.45) is 0 Å². The van der Waals surface area contributed by atoms with E-state index in [0.29, 0.717) is 0 Å². The molecule has 1 aromatic carbocycles. The van der Waals surface area contributed by atoms with Crippen molar-refractivity contribution in [1.29, 1.82) is 0 Å². The molecule has 4 nitrogen and oxygen atoms in total. The summed E-state index contributed by atoms with van der Waals surface area (Å²) in [5.41, 5.74) is -0.00407. The lowest BCUT2D eigenvalue weighted by Gasteiger charge is -2.13. The number of rotatable bonds is 6. The van der Waals surface area contributed by atoms with E-state index in [9.17, 15) is 13.6 Å². The quantitative estimate of drug-likeness (QED) is 0.853. The Morgan fingerprint density at radius 3 is 2.50 bits per heavy atom.